The predicted octanol–water partition coefficient (Wildman–Crippen LogP) is 4.91. The largest absolute Gasteiger partial charge is 0.370 e. The second-order valence-electron chi connectivity index (χ2n) is 8.90. The number of hydrogen-bond acceptors (Lipinski definition) is 2. The molecule has 0 bridgehead atoms. The average Bonchev–Trinajstić information content (AvgIpc) is 3.09. The number of ketones is 1. The van der Waals surface area contributed by atoms with Gasteiger partial charge < -0.3 is 4.74 Å². The average molecular weight is 324 g/mol. The Bertz CT molecular complexity index is 697. The summed E-state index contributed by atoms with van der Waals surface area (Å²) in [5, 5.41) is 0. The molecule has 0 N–H and O–H groups in total. The first kappa shape index (κ1) is 15.1. The number of carbonyl (C=O) groups is 1. The van der Waals surface area contributed by atoms with Crippen LogP contribution >= 0.6 is 0 Å². The van der Waals surface area contributed by atoms with Crippen molar-refractivity contribution in [3.05, 3.63) is 34.9 Å². The summed E-state index contributed by atoms with van der Waals surface area (Å²) in [6, 6.07) is 0. The van der Waals surface area contributed by atoms with E-state index in [0.29, 0.717) is 11.7 Å². The molecule has 128 valence electrons. The maximum atomic E-state index is 11.8. The lowest BCUT2D eigenvalue weighted by Gasteiger charge is -2.51. The third kappa shape index (κ3) is 1.73. The lowest BCUT2D eigenvalue weighted by Crippen LogP contribution is -2.49. The number of fused-ring (bicyclic) bond motifs is 5. The second-order valence-corrected chi connectivity index (χ2v) is 8.90. The van der Waals surface area contributed by atoms with Crippen LogP contribution in [0.15, 0.2) is 34.9 Å². The van der Waals surface area contributed by atoms with E-state index in [4.69, 9.17) is 4.74 Å². The van der Waals surface area contributed by atoms with E-state index in [2.05, 4.69) is 19.6 Å². The fourth-order valence-corrected chi connectivity index (χ4v) is 6.88. The smallest absolute Gasteiger partial charge is 0.137 e. The van der Waals surface area contributed by atoms with Gasteiger partial charge in [0.05, 0.1) is 12.2 Å². The van der Waals surface area contributed by atoms with E-state index in [-0.39, 0.29) is 11.0 Å². The molecule has 0 amide bonds. The van der Waals surface area contributed by atoms with Crippen molar-refractivity contribution >= 4 is 5.78 Å². The first-order valence-electron chi connectivity index (χ1n) is 9.80. The highest BCUT2D eigenvalue weighted by molar-refractivity contribution is 5.83. The van der Waals surface area contributed by atoms with Crippen molar-refractivity contribution in [2.24, 2.45) is 17.3 Å². The lowest BCUT2D eigenvalue weighted by atomic mass is 9.55. The van der Waals surface area contributed by atoms with E-state index < -0.39 is 0 Å². The highest BCUT2D eigenvalue weighted by Gasteiger charge is 2.63. The Morgan fingerprint density at radius 3 is 2.88 bits per heavy atom. The molecule has 4 atom stereocenters. The molecule has 1 heterocycles. The van der Waals surface area contributed by atoms with E-state index in [1.807, 2.05) is 0 Å². The highest BCUT2D eigenvalue weighted by atomic mass is 16.5. The minimum Gasteiger partial charge on any atom is -0.370 e. The molecule has 4 aliphatic carbocycles. The van der Waals surface area contributed by atoms with Gasteiger partial charge in [0.2, 0.25) is 0 Å². The molecule has 1 saturated carbocycles. The minimum atomic E-state index is -0.0586. The van der Waals surface area contributed by atoms with Gasteiger partial charge in [-0.05, 0) is 73.5 Å². The van der Waals surface area contributed by atoms with E-state index in [1.165, 1.54) is 24.0 Å². The maximum Gasteiger partial charge on any atom is 0.137 e. The Balaban J connectivity index is 1.55. The van der Waals surface area contributed by atoms with Crippen molar-refractivity contribution in [1.82, 2.24) is 0 Å². The molecule has 0 aromatic carbocycles. The Morgan fingerprint density at radius 2 is 2.08 bits per heavy atom. The molecule has 0 aromatic heterocycles. The van der Waals surface area contributed by atoms with Crippen LogP contribution in [0.4, 0.5) is 0 Å². The Kier molecular flexibility index (Phi) is 3.11. The first-order chi connectivity index (χ1) is 11.6. The summed E-state index contributed by atoms with van der Waals surface area (Å²) in [5.41, 5.74) is 6.16. The van der Waals surface area contributed by atoms with E-state index in [0.717, 1.165) is 57.5 Å². The third-order valence-electron chi connectivity index (χ3n) is 8.10. The van der Waals surface area contributed by atoms with Crippen LogP contribution in [0.5, 0.6) is 0 Å². The van der Waals surface area contributed by atoms with Crippen LogP contribution in [0.1, 0.15) is 64.7 Å². The molecule has 24 heavy (non-hydrogen) atoms. The number of carbonyl (C=O) groups excluding carboxylic acids is 1. The van der Waals surface area contributed by atoms with Crippen LogP contribution in [0.25, 0.3) is 0 Å². The van der Waals surface area contributed by atoms with Crippen LogP contribution in [0.2, 0.25) is 0 Å². The maximum absolute atomic E-state index is 11.8. The number of Topliss-reactive ketones (excluding diaryl/α,β-unsaturated/α-hetero) is 1. The predicted molar refractivity (Wildman–Crippen MR) is 94.6 cm³/mol. The molecular formula is C22H28O2. The summed E-state index contributed by atoms with van der Waals surface area (Å²) < 4.78 is 6.40. The molecule has 1 saturated heterocycles. The van der Waals surface area contributed by atoms with Crippen LogP contribution in [0.3, 0.4) is 0 Å². The third-order valence-corrected chi connectivity index (χ3v) is 8.10. The van der Waals surface area contributed by atoms with Gasteiger partial charge in [0.15, 0.2) is 0 Å². The lowest BCUT2D eigenvalue weighted by molar-refractivity contribution is -0.118. The molecule has 0 aromatic rings. The fraction of sp³-hybridized carbons (Fsp3) is 0.682. The van der Waals surface area contributed by atoms with Gasteiger partial charge in [0.1, 0.15) is 5.78 Å². The molecule has 1 aliphatic heterocycles. The van der Waals surface area contributed by atoms with Crippen molar-refractivity contribution in [1.29, 1.82) is 0 Å². The zero-order valence-electron chi connectivity index (χ0n) is 14.8. The van der Waals surface area contributed by atoms with Gasteiger partial charge >= 0.3 is 0 Å². The van der Waals surface area contributed by atoms with E-state index >= 15 is 0 Å². The molecule has 2 heteroatoms. The van der Waals surface area contributed by atoms with Crippen molar-refractivity contribution in [3.8, 4) is 0 Å². The Morgan fingerprint density at radius 1 is 1.21 bits per heavy atom. The molecule has 2 fully saturated rings. The Labute approximate surface area is 145 Å². The normalized spacial score (nSPS) is 44.5. The monoisotopic (exact) mass is 324 g/mol. The van der Waals surface area contributed by atoms with Crippen molar-refractivity contribution in [2.75, 3.05) is 6.61 Å². The standard InChI is InChI=1S/C22H28O2/c1-14-9-12-24-22(14)11-8-20-19-5-3-15-13-16(23)4-6-17(15)18(19)7-10-21(20,22)2/h7,19-20H,1,3-6,8-13H2,2H3/t19-,20+,21+,22+/m1/s1. The van der Waals surface area contributed by atoms with Gasteiger partial charge in [0.25, 0.3) is 0 Å². The minimum absolute atomic E-state index is 0.0586. The van der Waals surface area contributed by atoms with Crippen LogP contribution in [-0.4, -0.2) is 18.0 Å². The van der Waals surface area contributed by atoms with Crippen molar-refractivity contribution in [3.63, 3.8) is 0 Å². The molecule has 0 radical (unpaired) electrons. The van der Waals surface area contributed by atoms with Crippen LogP contribution < -0.4 is 0 Å². The molecule has 1 spiro atoms. The zero-order chi connectivity index (χ0) is 16.5. The molecule has 2 nitrogen and oxygen atoms in total. The SMILES string of the molecule is C=C1CCO[C@@]12CC[C@H]1[C@@H]3CCC4=C(CCC(=O)C4)C3=CC[C@@]12C. The summed E-state index contributed by atoms with van der Waals surface area (Å²) in [6.45, 7) is 7.75. The number of hydrogen-bond donors (Lipinski definition) is 0. The highest BCUT2D eigenvalue weighted by Crippen LogP contribution is 2.66. The number of allylic oxidation sites excluding steroid dienone is 4. The molecule has 5 rings (SSSR count). The number of ether oxygens (including phenoxy) is 1. The van der Waals surface area contributed by atoms with Gasteiger partial charge in [0, 0.05) is 18.3 Å². The topological polar surface area (TPSA) is 26.3 Å². The van der Waals surface area contributed by atoms with Crippen molar-refractivity contribution in [2.45, 2.75) is 70.3 Å². The van der Waals surface area contributed by atoms with Gasteiger partial charge in [-0.3, -0.25) is 4.79 Å². The molecule has 5 aliphatic rings. The number of rotatable bonds is 0. The Hall–Kier alpha value is -1.15. The second kappa shape index (κ2) is 4.94. The summed E-state index contributed by atoms with van der Waals surface area (Å²) in [7, 11) is 0. The van der Waals surface area contributed by atoms with E-state index in [9.17, 15) is 4.79 Å². The fourth-order valence-electron chi connectivity index (χ4n) is 6.88. The zero-order valence-corrected chi connectivity index (χ0v) is 14.8. The first-order valence-corrected chi connectivity index (χ1v) is 9.80. The van der Waals surface area contributed by atoms with Crippen molar-refractivity contribution < 1.29 is 9.53 Å². The van der Waals surface area contributed by atoms with Gasteiger partial charge in [-0.25, -0.2) is 0 Å². The van der Waals surface area contributed by atoms with Crippen LogP contribution in [0, 0.1) is 17.3 Å². The quantitative estimate of drug-likeness (QED) is 0.592. The molecular weight excluding hydrogens is 296 g/mol. The summed E-state index contributed by atoms with van der Waals surface area (Å²) in [4.78, 5) is 11.8. The van der Waals surface area contributed by atoms with Gasteiger partial charge in [-0.2, -0.15) is 0 Å². The van der Waals surface area contributed by atoms with E-state index in [1.54, 1.807) is 11.1 Å². The van der Waals surface area contributed by atoms with Gasteiger partial charge in [-0.15, -0.1) is 0 Å². The summed E-state index contributed by atoms with van der Waals surface area (Å²) in [5.74, 6) is 1.86. The van der Waals surface area contributed by atoms with Gasteiger partial charge in [-0.1, -0.05) is 25.2 Å². The summed E-state index contributed by atoms with van der Waals surface area (Å²) in [6.07, 6.45) is 12.0. The van der Waals surface area contributed by atoms with Crippen LogP contribution in [-0.2, 0) is 9.53 Å². The summed E-state index contributed by atoms with van der Waals surface area (Å²) >= 11 is 0. The molecule has 0 unspecified atom stereocenters.